The second-order valence-corrected chi connectivity index (χ2v) is 9.19. The number of hydrogen-bond donors (Lipinski definition) is 2. The van der Waals surface area contributed by atoms with E-state index in [-0.39, 0.29) is 26.1 Å². The summed E-state index contributed by atoms with van der Waals surface area (Å²) in [5.74, 6) is 1.07. The van der Waals surface area contributed by atoms with Crippen LogP contribution in [0.3, 0.4) is 0 Å². The first-order chi connectivity index (χ1) is 17.6. The number of morpholine rings is 1. The number of urea groups is 1. The van der Waals surface area contributed by atoms with Gasteiger partial charge in [-0.2, -0.15) is 4.98 Å². The van der Waals surface area contributed by atoms with Crippen LogP contribution in [0.25, 0.3) is 11.1 Å². The molecule has 2 aliphatic heterocycles. The number of anilines is 2. The molecule has 2 N–H and O–H groups in total. The quantitative estimate of drug-likeness (QED) is 0.569. The van der Waals surface area contributed by atoms with Gasteiger partial charge in [0, 0.05) is 37.9 Å². The van der Waals surface area contributed by atoms with E-state index in [9.17, 15) is 23.1 Å². The largest absolute Gasteiger partial charge is 0.522 e. The maximum atomic E-state index is 12.7. The van der Waals surface area contributed by atoms with Crippen molar-refractivity contribution in [2.24, 2.45) is 0 Å². The van der Waals surface area contributed by atoms with Gasteiger partial charge in [0.1, 0.15) is 12.4 Å². The summed E-state index contributed by atoms with van der Waals surface area (Å²) in [5.41, 5.74) is 3.09. The lowest BCUT2D eigenvalue weighted by Crippen LogP contribution is -2.36. The maximum absolute atomic E-state index is 12.7. The van der Waals surface area contributed by atoms with Gasteiger partial charge in [0.15, 0.2) is 0 Å². The van der Waals surface area contributed by atoms with E-state index in [2.05, 4.69) is 19.9 Å². The third-order valence-corrected chi connectivity index (χ3v) is 6.13. The van der Waals surface area contributed by atoms with E-state index in [0.717, 1.165) is 16.7 Å². The Morgan fingerprint density at radius 1 is 1.24 bits per heavy atom. The van der Waals surface area contributed by atoms with E-state index in [1.165, 1.54) is 4.90 Å². The van der Waals surface area contributed by atoms with Crippen molar-refractivity contribution in [2.45, 2.75) is 38.8 Å². The number of likely N-dealkylation sites (tertiary alicyclic amines) is 1. The Morgan fingerprint density at radius 3 is 2.70 bits per heavy atom. The zero-order valence-corrected chi connectivity index (χ0v) is 20.8. The van der Waals surface area contributed by atoms with Crippen LogP contribution in [-0.4, -0.2) is 85.6 Å². The van der Waals surface area contributed by atoms with E-state index in [0.29, 0.717) is 43.7 Å². The topological polar surface area (TPSA) is 96.4 Å². The summed E-state index contributed by atoms with van der Waals surface area (Å²) < 4.78 is 52.8. The Balaban J connectivity index is 1.54. The molecular weight excluding hydrogens is 493 g/mol. The molecule has 0 saturated carbocycles. The Hall–Kier alpha value is -3.09. The lowest BCUT2D eigenvalue weighted by molar-refractivity contribution is -0.340. The molecule has 2 atom stereocenters. The van der Waals surface area contributed by atoms with Crippen LogP contribution in [-0.2, 0) is 9.47 Å². The van der Waals surface area contributed by atoms with E-state index in [1.807, 2.05) is 25.1 Å². The molecule has 0 spiro atoms. The summed E-state index contributed by atoms with van der Waals surface area (Å²) in [4.78, 5) is 20.7. The van der Waals surface area contributed by atoms with Gasteiger partial charge in [0.2, 0.25) is 5.88 Å². The van der Waals surface area contributed by atoms with Gasteiger partial charge in [-0.15, -0.1) is 13.2 Å². The minimum Gasteiger partial charge on any atom is -0.475 e. The number of aromatic nitrogens is 1. The Kier molecular flexibility index (Phi) is 8.40. The second-order valence-electron chi connectivity index (χ2n) is 9.19. The number of halogens is 3. The first kappa shape index (κ1) is 27.0. The van der Waals surface area contributed by atoms with Crippen LogP contribution in [0, 0.1) is 6.92 Å². The molecule has 3 heterocycles. The van der Waals surface area contributed by atoms with E-state index < -0.39 is 24.6 Å². The number of rotatable bonds is 7. The molecule has 37 heavy (non-hydrogen) atoms. The average Bonchev–Trinajstić information content (AvgIpc) is 3.31. The molecule has 2 amide bonds. The third kappa shape index (κ3) is 7.46. The molecule has 0 bridgehead atoms. The van der Waals surface area contributed by atoms with Crippen molar-refractivity contribution in [3.05, 3.63) is 35.9 Å². The van der Waals surface area contributed by atoms with E-state index >= 15 is 0 Å². The van der Waals surface area contributed by atoms with Crippen molar-refractivity contribution in [1.82, 2.24) is 9.88 Å². The fourth-order valence-electron chi connectivity index (χ4n) is 4.29. The number of hydrogen-bond acceptors (Lipinski definition) is 7. The van der Waals surface area contributed by atoms with Crippen LogP contribution in [0.2, 0.25) is 0 Å². The van der Waals surface area contributed by atoms with Crippen molar-refractivity contribution in [2.75, 3.05) is 56.2 Å². The molecule has 12 heteroatoms. The molecule has 0 radical (unpaired) electrons. The SMILES string of the molecule is Cc1ccc(NC(=O)N2CC[C@H](OC(F)(F)F)C2)cc1-c1cc(OC[C@@H](C)O)nc(N2CCOCC2)c1. The van der Waals surface area contributed by atoms with Crippen LogP contribution >= 0.6 is 0 Å². The highest BCUT2D eigenvalue weighted by atomic mass is 19.4. The van der Waals surface area contributed by atoms with Crippen LogP contribution in [0.5, 0.6) is 5.88 Å². The monoisotopic (exact) mass is 524 g/mol. The van der Waals surface area contributed by atoms with Gasteiger partial charge in [-0.25, -0.2) is 4.79 Å². The zero-order chi connectivity index (χ0) is 26.6. The summed E-state index contributed by atoms with van der Waals surface area (Å²) in [6.45, 7) is 6.20. The number of aliphatic hydroxyl groups excluding tert-OH is 1. The van der Waals surface area contributed by atoms with Gasteiger partial charge in [-0.05, 0) is 55.2 Å². The molecule has 2 fully saturated rings. The average molecular weight is 525 g/mol. The standard InChI is InChI=1S/C25H31F3N4O5/c1-16-3-4-19(29-24(34)32-6-5-20(14-32)37-25(26,27)28)13-21(16)18-11-22(31-7-9-35-10-8-31)30-23(12-18)36-15-17(2)33/h3-4,11-13,17,20,33H,5-10,14-15H2,1-2H3,(H,29,34)/t17-,20+/m1/s1. The number of nitrogens with one attached hydrogen (secondary N) is 1. The van der Waals surface area contributed by atoms with Gasteiger partial charge in [-0.3, -0.25) is 4.74 Å². The number of nitrogens with zero attached hydrogens (tertiary/aromatic N) is 3. The molecule has 0 aliphatic carbocycles. The zero-order valence-electron chi connectivity index (χ0n) is 20.8. The van der Waals surface area contributed by atoms with Crippen molar-refractivity contribution in [3.8, 4) is 17.0 Å². The predicted octanol–water partition coefficient (Wildman–Crippen LogP) is 3.80. The van der Waals surface area contributed by atoms with E-state index in [1.54, 1.807) is 19.1 Å². The summed E-state index contributed by atoms with van der Waals surface area (Å²) in [6.07, 6.45) is -6.35. The molecule has 202 valence electrons. The molecule has 2 saturated heterocycles. The van der Waals surface area contributed by atoms with Crippen molar-refractivity contribution in [3.63, 3.8) is 0 Å². The number of amides is 2. The van der Waals surface area contributed by atoms with Crippen LogP contribution in [0.4, 0.5) is 29.5 Å². The summed E-state index contributed by atoms with van der Waals surface area (Å²) in [6, 6.07) is 8.63. The number of pyridine rings is 1. The number of carbonyl (C=O) groups is 1. The molecule has 2 aliphatic rings. The predicted molar refractivity (Wildman–Crippen MR) is 131 cm³/mol. The van der Waals surface area contributed by atoms with Gasteiger partial charge < -0.3 is 29.7 Å². The number of alkyl halides is 3. The van der Waals surface area contributed by atoms with Crippen molar-refractivity contribution in [1.29, 1.82) is 0 Å². The van der Waals surface area contributed by atoms with Gasteiger partial charge in [-0.1, -0.05) is 6.07 Å². The highest BCUT2D eigenvalue weighted by molar-refractivity contribution is 5.90. The van der Waals surface area contributed by atoms with Crippen molar-refractivity contribution < 1.29 is 37.3 Å². The highest BCUT2D eigenvalue weighted by Crippen LogP contribution is 2.32. The number of carbonyl (C=O) groups excluding carboxylic acids is 1. The number of ether oxygens (including phenoxy) is 3. The van der Waals surface area contributed by atoms with Crippen LogP contribution < -0.4 is 15.0 Å². The lowest BCUT2D eigenvalue weighted by atomic mass is 10.0. The number of benzene rings is 1. The fourth-order valence-corrected chi connectivity index (χ4v) is 4.29. The minimum absolute atomic E-state index is 0.0863. The molecule has 9 nitrogen and oxygen atoms in total. The summed E-state index contributed by atoms with van der Waals surface area (Å²) in [7, 11) is 0. The number of aliphatic hydroxyl groups is 1. The van der Waals surface area contributed by atoms with Gasteiger partial charge in [0.05, 0.1) is 25.4 Å². The van der Waals surface area contributed by atoms with Crippen molar-refractivity contribution >= 4 is 17.5 Å². The molecule has 2 aromatic rings. The Morgan fingerprint density at radius 2 is 2.00 bits per heavy atom. The highest BCUT2D eigenvalue weighted by Gasteiger charge is 2.37. The third-order valence-electron chi connectivity index (χ3n) is 6.13. The first-order valence-electron chi connectivity index (χ1n) is 12.1. The normalized spacial score (nSPS) is 19.1. The van der Waals surface area contributed by atoms with E-state index in [4.69, 9.17) is 9.47 Å². The summed E-state index contributed by atoms with van der Waals surface area (Å²) >= 11 is 0. The Bertz CT molecular complexity index is 1090. The van der Waals surface area contributed by atoms with Crippen LogP contribution in [0.15, 0.2) is 30.3 Å². The number of aryl methyl sites for hydroxylation is 1. The molecule has 4 rings (SSSR count). The van der Waals surface area contributed by atoms with Gasteiger partial charge in [0.25, 0.3) is 0 Å². The molecule has 1 aromatic heterocycles. The van der Waals surface area contributed by atoms with Crippen LogP contribution in [0.1, 0.15) is 18.9 Å². The van der Waals surface area contributed by atoms with Gasteiger partial charge >= 0.3 is 12.4 Å². The molecule has 1 aromatic carbocycles. The molecule has 0 unspecified atom stereocenters. The first-order valence-corrected chi connectivity index (χ1v) is 12.1. The second kappa shape index (κ2) is 11.5. The molecular formula is C25H31F3N4O5. The smallest absolute Gasteiger partial charge is 0.475 e. The maximum Gasteiger partial charge on any atom is 0.522 e. The minimum atomic E-state index is -4.73. The fraction of sp³-hybridized carbons (Fsp3) is 0.520. The summed E-state index contributed by atoms with van der Waals surface area (Å²) in [5, 5.41) is 12.4. The lowest BCUT2D eigenvalue weighted by Gasteiger charge is -2.28. The Labute approximate surface area is 213 Å².